The number of aromatic amines is 1. The number of aromatic nitrogens is 2. The van der Waals surface area contributed by atoms with Crippen LogP contribution in [0.4, 0.5) is 5.13 Å². The second-order valence-corrected chi connectivity index (χ2v) is 7.77. The van der Waals surface area contributed by atoms with E-state index in [1.807, 2.05) is 35.2 Å². The van der Waals surface area contributed by atoms with Crippen molar-refractivity contribution in [1.82, 2.24) is 14.9 Å². The topological polar surface area (TPSA) is 61.5 Å². The zero-order valence-electron chi connectivity index (χ0n) is 14.4. The van der Waals surface area contributed by atoms with Crippen molar-refractivity contribution in [2.75, 3.05) is 37.7 Å². The Bertz CT molecular complexity index is 925. The second-order valence-electron chi connectivity index (χ2n) is 6.71. The maximum absolute atomic E-state index is 12.9. The van der Waals surface area contributed by atoms with E-state index < -0.39 is 0 Å². The molecule has 1 N–H and O–H groups in total. The maximum atomic E-state index is 12.9. The van der Waals surface area contributed by atoms with Crippen LogP contribution in [0.2, 0.25) is 0 Å². The highest BCUT2D eigenvalue weighted by Gasteiger charge is 2.27. The third-order valence-electron chi connectivity index (χ3n) is 5.05. The molecule has 0 radical (unpaired) electrons. The summed E-state index contributed by atoms with van der Waals surface area (Å²) in [5.41, 5.74) is 2.81. The van der Waals surface area contributed by atoms with Gasteiger partial charge in [0.25, 0.3) is 5.91 Å². The Balaban J connectivity index is 1.36. The first-order valence-electron chi connectivity index (χ1n) is 8.96. The van der Waals surface area contributed by atoms with Crippen molar-refractivity contribution in [1.29, 1.82) is 0 Å². The summed E-state index contributed by atoms with van der Waals surface area (Å²) in [5.74, 6) is 0.0631. The molecule has 7 heteroatoms. The molecule has 0 bridgehead atoms. The standard InChI is InChI=1S/C19H20N4O2S/c24-18(16-11-13-3-1-2-4-14(13)20-16)23-6-5-15-17(12-23)26-19(21-15)22-7-9-25-10-8-22/h1-4,11,20H,5-10,12H2. The first-order chi connectivity index (χ1) is 12.8. The van der Waals surface area contributed by atoms with Crippen LogP contribution in [0.1, 0.15) is 21.1 Å². The molecule has 2 aliphatic heterocycles. The molecule has 4 heterocycles. The van der Waals surface area contributed by atoms with Gasteiger partial charge in [-0.3, -0.25) is 4.79 Å². The summed E-state index contributed by atoms with van der Waals surface area (Å²) in [6.45, 7) is 4.66. The van der Waals surface area contributed by atoms with E-state index in [4.69, 9.17) is 9.72 Å². The number of thiazole rings is 1. The average Bonchev–Trinajstić information content (AvgIpc) is 3.31. The van der Waals surface area contributed by atoms with Crippen molar-refractivity contribution in [3.8, 4) is 0 Å². The van der Waals surface area contributed by atoms with E-state index in [9.17, 15) is 4.79 Å². The first-order valence-corrected chi connectivity index (χ1v) is 9.78. The number of rotatable bonds is 2. The van der Waals surface area contributed by atoms with Gasteiger partial charge in [-0.2, -0.15) is 0 Å². The molecule has 0 aliphatic carbocycles. The number of fused-ring (bicyclic) bond motifs is 2. The number of ether oxygens (including phenoxy) is 1. The van der Waals surface area contributed by atoms with Gasteiger partial charge in [-0.1, -0.05) is 29.5 Å². The molecule has 1 saturated heterocycles. The van der Waals surface area contributed by atoms with Gasteiger partial charge in [-0.15, -0.1) is 0 Å². The predicted octanol–water partition coefficient (Wildman–Crippen LogP) is 2.66. The Kier molecular flexibility index (Phi) is 3.90. The van der Waals surface area contributed by atoms with Gasteiger partial charge >= 0.3 is 0 Å². The molecule has 3 aromatic rings. The van der Waals surface area contributed by atoms with E-state index in [2.05, 4.69) is 9.88 Å². The second kappa shape index (κ2) is 6.41. The number of benzene rings is 1. The lowest BCUT2D eigenvalue weighted by molar-refractivity contribution is 0.0731. The van der Waals surface area contributed by atoms with Gasteiger partial charge in [0.2, 0.25) is 0 Å². The highest BCUT2D eigenvalue weighted by atomic mass is 32.1. The number of carbonyl (C=O) groups is 1. The molecule has 0 spiro atoms. The molecular formula is C19H20N4O2S. The van der Waals surface area contributed by atoms with Gasteiger partial charge in [0.1, 0.15) is 5.69 Å². The van der Waals surface area contributed by atoms with Crippen molar-refractivity contribution >= 4 is 33.3 Å². The van der Waals surface area contributed by atoms with Crippen LogP contribution < -0.4 is 4.90 Å². The van der Waals surface area contributed by atoms with Crippen molar-refractivity contribution in [2.45, 2.75) is 13.0 Å². The van der Waals surface area contributed by atoms with Crippen LogP contribution >= 0.6 is 11.3 Å². The zero-order valence-corrected chi connectivity index (χ0v) is 15.2. The Morgan fingerprint density at radius 3 is 2.88 bits per heavy atom. The lowest BCUT2D eigenvalue weighted by Gasteiger charge is -2.26. The van der Waals surface area contributed by atoms with Gasteiger partial charge in [0.15, 0.2) is 5.13 Å². The van der Waals surface area contributed by atoms with Gasteiger partial charge in [-0.05, 0) is 12.1 Å². The number of carbonyl (C=O) groups excluding carboxylic acids is 1. The minimum Gasteiger partial charge on any atom is -0.378 e. The van der Waals surface area contributed by atoms with Crippen LogP contribution in [-0.4, -0.2) is 53.6 Å². The van der Waals surface area contributed by atoms with Gasteiger partial charge < -0.3 is 19.5 Å². The predicted molar refractivity (Wildman–Crippen MR) is 102 cm³/mol. The van der Waals surface area contributed by atoms with Crippen molar-refractivity contribution in [2.24, 2.45) is 0 Å². The molecule has 0 atom stereocenters. The van der Waals surface area contributed by atoms with E-state index in [0.29, 0.717) is 18.8 Å². The fourth-order valence-electron chi connectivity index (χ4n) is 3.60. The average molecular weight is 368 g/mol. The maximum Gasteiger partial charge on any atom is 0.270 e. The molecule has 1 aromatic carbocycles. The van der Waals surface area contributed by atoms with Crippen LogP contribution in [0, 0.1) is 0 Å². The van der Waals surface area contributed by atoms with Crippen molar-refractivity contribution in [3.63, 3.8) is 0 Å². The van der Waals surface area contributed by atoms with E-state index >= 15 is 0 Å². The minimum absolute atomic E-state index is 0.0631. The highest BCUT2D eigenvalue weighted by molar-refractivity contribution is 7.15. The largest absolute Gasteiger partial charge is 0.378 e. The smallest absolute Gasteiger partial charge is 0.270 e. The lowest BCUT2D eigenvalue weighted by Crippen LogP contribution is -2.36. The zero-order chi connectivity index (χ0) is 17.5. The van der Waals surface area contributed by atoms with E-state index in [1.165, 1.54) is 4.88 Å². The lowest BCUT2D eigenvalue weighted by atomic mass is 10.1. The molecule has 0 unspecified atom stereocenters. The summed E-state index contributed by atoms with van der Waals surface area (Å²) in [6.07, 6.45) is 0.822. The van der Waals surface area contributed by atoms with E-state index in [-0.39, 0.29) is 5.91 Å². The molecule has 1 amide bonds. The molecule has 2 aromatic heterocycles. The van der Waals surface area contributed by atoms with Crippen LogP contribution in [0.3, 0.4) is 0 Å². The Morgan fingerprint density at radius 1 is 1.19 bits per heavy atom. The van der Waals surface area contributed by atoms with E-state index in [1.54, 1.807) is 11.3 Å². The fraction of sp³-hybridized carbons (Fsp3) is 0.368. The first kappa shape index (κ1) is 15.8. The number of para-hydroxylation sites is 1. The quantitative estimate of drug-likeness (QED) is 0.755. The number of morpholine rings is 1. The Hall–Kier alpha value is -2.38. The monoisotopic (exact) mass is 368 g/mol. The number of H-pyrrole nitrogens is 1. The van der Waals surface area contributed by atoms with Gasteiger partial charge in [-0.25, -0.2) is 4.98 Å². The third-order valence-corrected chi connectivity index (χ3v) is 6.19. The number of anilines is 1. The summed E-state index contributed by atoms with van der Waals surface area (Å²) >= 11 is 1.72. The summed E-state index contributed by atoms with van der Waals surface area (Å²) in [4.78, 5) is 26.4. The number of hydrogen-bond acceptors (Lipinski definition) is 5. The van der Waals surface area contributed by atoms with Crippen LogP contribution in [0.15, 0.2) is 30.3 Å². The van der Waals surface area contributed by atoms with Crippen LogP contribution in [-0.2, 0) is 17.7 Å². The normalized spacial score (nSPS) is 17.5. The Labute approximate surface area is 155 Å². The molecule has 5 rings (SSSR count). The minimum atomic E-state index is 0.0631. The van der Waals surface area contributed by atoms with Gasteiger partial charge in [0, 0.05) is 41.8 Å². The number of nitrogens with zero attached hydrogens (tertiary/aromatic N) is 3. The molecule has 26 heavy (non-hydrogen) atoms. The molecular weight excluding hydrogens is 348 g/mol. The van der Waals surface area contributed by atoms with Crippen molar-refractivity contribution in [3.05, 3.63) is 46.6 Å². The number of nitrogens with one attached hydrogen (secondary N) is 1. The SMILES string of the molecule is O=C(c1cc2ccccc2[nH]1)N1CCc2nc(N3CCOCC3)sc2C1. The summed E-state index contributed by atoms with van der Waals surface area (Å²) in [5, 5.41) is 2.14. The Morgan fingerprint density at radius 2 is 2.04 bits per heavy atom. The summed E-state index contributed by atoms with van der Waals surface area (Å²) < 4.78 is 5.42. The fourth-order valence-corrected chi connectivity index (χ4v) is 4.78. The highest BCUT2D eigenvalue weighted by Crippen LogP contribution is 2.31. The number of hydrogen-bond donors (Lipinski definition) is 1. The molecule has 134 valence electrons. The molecule has 0 saturated carbocycles. The molecule has 2 aliphatic rings. The van der Waals surface area contributed by atoms with Crippen molar-refractivity contribution < 1.29 is 9.53 Å². The van der Waals surface area contributed by atoms with Crippen LogP contribution in [0.25, 0.3) is 10.9 Å². The third kappa shape index (κ3) is 2.77. The van der Waals surface area contributed by atoms with Gasteiger partial charge in [0.05, 0.1) is 25.5 Å². The van der Waals surface area contributed by atoms with E-state index in [0.717, 1.165) is 54.5 Å². The van der Waals surface area contributed by atoms with Crippen LogP contribution in [0.5, 0.6) is 0 Å². The number of amides is 1. The molecule has 1 fully saturated rings. The summed E-state index contributed by atoms with van der Waals surface area (Å²) in [6, 6.07) is 9.93. The molecule has 6 nitrogen and oxygen atoms in total. The summed E-state index contributed by atoms with van der Waals surface area (Å²) in [7, 11) is 0.